The number of ether oxygens (including phenoxy) is 2. The van der Waals surface area contributed by atoms with Gasteiger partial charge in [-0.15, -0.1) is 0 Å². The van der Waals surface area contributed by atoms with Gasteiger partial charge in [-0.1, -0.05) is 25.4 Å². The van der Waals surface area contributed by atoms with Crippen molar-refractivity contribution >= 4 is 40.2 Å². The van der Waals surface area contributed by atoms with Gasteiger partial charge >= 0.3 is 5.97 Å². The number of carbonyl (C=O) groups excluding carboxylic acids is 1. The summed E-state index contributed by atoms with van der Waals surface area (Å²) in [7, 11) is 1.34. The van der Waals surface area contributed by atoms with Gasteiger partial charge in [-0.2, -0.15) is 0 Å². The maximum Gasteiger partial charge on any atom is 0.330 e. The molecule has 1 rings (SSSR count). The molecule has 19 heavy (non-hydrogen) atoms. The van der Waals surface area contributed by atoms with Crippen LogP contribution in [0, 0.1) is 9.62 Å². The zero-order valence-electron chi connectivity index (χ0n) is 10.9. The SMILES string of the molecule is COC(=O)/C=C/C(Oc1ccc(Cl)nc1I)C(C)C. The van der Waals surface area contributed by atoms with Crippen LogP contribution in [0.1, 0.15) is 13.8 Å². The van der Waals surface area contributed by atoms with Gasteiger partial charge in [0.15, 0.2) is 5.75 Å². The molecular weight excluding hydrogens is 381 g/mol. The molecule has 0 radical (unpaired) electrons. The third-order valence-electron chi connectivity index (χ3n) is 2.32. The van der Waals surface area contributed by atoms with Crippen molar-refractivity contribution < 1.29 is 14.3 Å². The molecule has 0 aliphatic heterocycles. The van der Waals surface area contributed by atoms with Gasteiger partial charge in [0, 0.05) is 6.08 Å². The van der Waals surface area contributed by atoms with Crippen LogP contribution in [0.15, 0.2) is 24.3 Å². The molecule has 0 N–H and O–H groups in total. The van der Waals surface area contributed by atoms with Crippen LogP contribution in [-0.2, 0) is 9.53 Å². The molecule has 0 saturated heterocycles. The predicted octanol–water partition coefficient (Wildman–Crippen LogP) is 3.47. The fraction of sp³-hybridized carbons (Fsp3) is 0.385. The largest absolute Gasteiger partial charge is 0.483 e. The van der Waals surface area contributed by atoms with E-state index < -0.39 is 5.97 Å². The fourth-order valence-corrected chi connectivity index (χ4v) is 2.13. The van der Waals surface area contributed by atoms with Gasteiger partial charge in [0.25, 0.3) is 0 Å². The summed E-state index contributed by atoms with van der Waals surface area (Å²) in [5, 5.41) is 0.419. The molecule has 0 bridgehead atoms. The first-order chi connectivity index (χ1) is 8.93. The average molecular weight is 396 g/mol. The van der Waals surface area contributed by atoms with E-state index in [9.17, 15) is 4.79 Å². The van der Waals surface area contributed by atoms with Crippen molar-refractivity contribution in [1.29, 1.82) is 0 Å². The van der Waals surface area contributed by atoms with E-state index >= 15 is 0 Å². The predicted molar refractivity (Wildman–Crippen MR) is 82.4 cm³/mol. The second kappa shape index (κ2) is 7.69. The molecule has 0 spiro atoms. The van der Waals surface area contributed by atoms with Gasteiger partial charge in [0.2, 0.25) is 0 Å². The quantitative estimate of drug-likeness (QED) is 0.331. The van der Waals surface area contributed by atoms with Gasteiger partial charge in [-0.05, 0) is 46.7 Å². The second-order valence-corrected chi connectivity index (χ2v) is 5.54. The Morgan fingerprint density at radius 3 is 2.68 bits per heavy atom. The molecule has 1 aromatic rings. The molecule has 0 aliphatic carbocycles. The lowest BCUT2D eigenvalue weighted by Gasteiger charge is -2.19. The average Bonchev–Trinajstić information content (AvgIpc) is 2.35. The minimum atomic E-state index is -0.404. The van der Waals surface area contributed by atoms with Crippen LogP contribution in [0.25, 0.3) is 0 Å². The summed E-state index contributed by atoms with van der Waals surface area (Å²) in [6.45, 7) is 4.00. The van der Waals surface area contributed by atoms with E-state index in [0.29, 0.717) is 14.6 Å². The van der Waals surface area contributed by atoms with Gasteiger partial charge in [0.05, 0.1) is 7.11 Å². The molecule has 104 valence electrons. The Balaban J connectivity index is 2.84. The Morgan fingerprint density at radius 2 is 2.16 bits per heavy atom. The number of methoxy groups -OCH3 is 1. The molecule has 0 amide bonds. The summed E-state index contributed by atoms with van der Waals surface area (Å²) >= 11 is 7.85. The summed E-state index contributed by atoms with van der Waals surface area (Å²) in [6, 6.07) is 3.43. The van der Waals surface area contributed by atoms with Crippen LogP contribution in [0.5, 0.6) is 5.75 Å². The highest BCUT2D eigenvalue weighted by Gasteiger charge is 2.15. The molecule has 1 atom stereocenters. The van der Waals surface area contributed by atoms with E-state index in [1.807, 2.05) is 13.8 Å². The number of hydrogen-bond donors (Lipinski definition) is 0. The van der Waals surface area contributed by atoms with E-state index in [-0.39, 0.29) is 12.0 Å². The first-order valence-corrected chi connectivity index (χ1v) is 7.14. The topological polar surface area (TPSA) is 48.4 Å². The highest BCUT2D eigenvalue weighted by Crippen LogP contribution is 2.24. The highest BCUT2D eigenvalue weighted by atomic mass is 127. The Morgan fingerprint density at radius 1 is 1.47 bits per heavy atom. The smallest absolute Gasteiger partial charge is 0.330 e. The Labute approximate surface area is 131 Å². The van der Waals surface area contributed by atoms with Crippen molar-refractivity contribution in [1.82, 2.24) is 4.98 Å². The maximum absolute atomic E-state index is 11.1. The lowest BCUT2D eigenvalue weighted by molar-refractivity contribution is -0.134. The van der Waals surface area contributed by atoms with Crippen LogP contribution >= 0.6 is 34.2 Å². The highest BCUT2D eigenvalue weighted by molar-refractivity contribution is 14.1. The second-order valence-electron chi connectivity index (χ2n) is 4.13. The normalized spacial score (nSPS) is 12.7. The molecular formula is C13H15ClINO3. The van der Waals surface area contributed by atoms with Gasteiger partial charge < -0.3 is 9.47 Å². The van der Waals surface area contributed by atoms with E-state index in [4.69, 9.17) is 16.3 Å². The van der Waals surface area contributed by atoms with E-state index in [1.165, 1.54) is 13.2 Å². The number of nitrogens with zero attached hydrogens (tertiary/aromatic N) is 1. The fourth-order valence-electron chi connectivity index (χ4n) is 1.27. The summed E-state index contributed by atoms with van der Waals surface area (Å²) < 4.78 is 11.1. The summed E-state index contributed by atoms with van der Waals surface area (Å²) in [6.07, 6.45) is 2.80. The lowest BCUT2D eigenvalue weighted by Crippen LogP contribution is -2.21. The number of hydrogen-bond acceptors (Lipinski definition) is 4. The van der Waals surface area contributed by atoms with Crippen LogP contribution in [-0.4, -0.2) is 24.2 Å². The van der Waals surface area contributed by atoms with Crippen molar-refractivity contribution in [2.75, 3.05) is 7.11 Å². The number of halogens is 2. The number of carbonyl (C=O) groups is 1. The van der Waals surface area contributed by atoms with Crippen molar-refractivity contribution in [3.05, 3.63) is 33.1 Å². The minimum absolute atomic E-state index is 0.201. The molecule has 1 aromatic heterocycles. The standard InChI is InChI=1S/C13H15ClINO3/c1-8(2)9(5-7-12(17)18-3)19-10-4-6-11(14)16-13(10)15/h4-9H,1-3H3/b7-5+. The molecule has 1 unspecified atom stereocenters. The van der Waals surface area contributed by atoms with Crippen molar-refractivity contribution in [3.8, 4) is 5.75 Å². The van der Waals surface area contributed by atoms with Gasteiger partial charge in [0.1, 0.15) is 15.0 Å². The molecule has 0 aliphatic rings. The number of rotatable bonds is 5. The molecule has 1 heterocycles. The first kappa shape index (κ1) is 16.2. The zero-order valence-corrected chi connectivity index (χ0v) is 13.8. The minimum Gasteiger partial charge on any atom is -0.483 e. The van der Waals surface area contributed by atoms with Crippen LogP contribution in [0.3, 0.4) is 0 Å². The summed E-state index contributed by atoms with van der Waals surface area (Å²) in [5.74, 6) is 0.434. The number of esters is 1. The monoisotopic (exact) mass is 395 g/mol. The van der Waals surface area contributed by atoms with E-state index in [1.54, 1.807) is 18.2 Å². The van der Waals surface area contributed by atoms with Crippen LogP contribution < -0.4 is 4.74 Å². The summed E-state index contributed by atoms with van der Waals surface area (Å²) in [5.41, 5.74) is 0. The Kier molecular flexibility index (Phi) is 6.57. The third kappa shape index (κ3) is 5.36. The summed E-state index contributed by atoms with van der Waals surface area (Å²) in [4.78, 5) is 15.2. The number of pyridine rings is 1. The van der Waals surface area contributed by atoms with Crippen LogP contribution in [0.4, 0.5) is 0 Å². The van der Waals surface area contributed by atoms with E-state index in [0.717, 1.165) is 0 Å². The van der Waals surface area contributed by atoms with Crippen molar-refractivity contribution in [2.24, 2.45) is 5.92 Å². The maximum atomic E-state index is 11.1. The Bertz CT molecular complexity index is 477. The third-order valence-corrected chi connectivity index (χ3v) is 3.31. The number of aromatic nitrogens is 1. The first-order valence-electron chi connectivity index (χ1n) is 5.69. The molecule has 4 nitrogen and oxygen atoms in total. The molecule has 0 saturated carbocycles. The zero-order chi connectivity index (χ0) is 14.4. The molecule has 0 aromatic carbocycles. The molecule has 6 heteroatoms. The molecule has 0 fully saturated rings. The van der Waals surface area contributed by atoms with Crippen molar-refractivity contribution in [3.63, 3.8) is 0 Å². The van der Waals surface area contributed by atoms with Crippen LogP contribution in [0.2, 0.25) is 5.15 Å². The van der Waals surface area contributed by atoms with Crippen molar-refractivity contribution in [2.45, 2.75) is 20.0 Å². The Hall–Kier alpha value is -0.820. The van der Waals surface area contributed by atoms with Gasteiger partial charge in [-0.25, -0.2) is 9.78 Å². The van der Waals surface area contributed by atoms with Gasteiger partial charge in [-0.3, -0.25) is 0 Å². The lowest BCUT2D eigenvalue weighted by atomic mass is 10.1. The van der Waals surface area contributed by atoms with E-state index in [2.05, 4.69) is 32.3 Å².